The highest BCUT2D eigenvalue weighted by Gasteiger charge is 2.40. The van der Waals surface area contributed by atoms with Crippen molar-refractivity contribution in [1.29, 1.82) is 0 Å². The second-order valence-electron chi connectivity index (χ2n) is 8.54. The van der Waals surface area contributed by atoms with Gasteiger partial charge in [0.15, 0.2) is 0 Å². The maximum absolute atomic E-state index is 13.3. The van der Waals surface area contributed by atoms with Crippen molar-refractivity contribution in [2.45, 2.75) is 69.2 Å². The zero-order valence-corrected chi connectivity index (χ0v) is 19.3. The van der Waals surface area contributed by atoms with Gasteiger partial charge in [-0.25, -0.2) is 8.42 Å². The number of sulfonamides is 1. The van der Waals surface area contributed by atoms with Crippen molar-refractivity contribution in [3.8, 4) is 0 Å². The van der Waals surface area contributed by atoms with E-state index in [-0.39, 0.29) is 22.6 Å². The number of likely N-dealkylation sites (tertiary alicyclic amines) is 1. The lowest BCUT2D eigenvalue weighted by molar-refractivity contribution is -0.139. The van der Waals surface area contributed by atoms with Crippen molar-refractivity contribution in [2.75, 3.05) is 26.2 Å². The molecule has 172 valence electrons. The molecule has 2 heterocycles. The van der Waals surface area contributed by atoms with Gasteiger partial charge in [0.05, 0.1) is 4.90 Å². The van der Waals surface area contributed by atoms with Gasteiger partial charge in [0.25, 0.3) is 0 Å². The molecule has 0 spiro atoms. The van der Waals surface area contributed by atoms with E-state index in [4.69, 9.17) is 0 Å². The summed E-state index contributed by atoms with van der Waals surface area (Å²) < 4.78 is 27.7. The molecular formula is C23H35N3O4S. The van der Waals surface area contributed by atoms with E-state index in [1.54, 1.807) is 35.2 Å². The van der Waals surface area contributed by atoms with Gasteiger partial charge in [-0.2, -0.15) is 4.31 Å². The third kappa shape index (κ3) is 5.86. The van der Waals surface area contributed by atoms with Gasteiger partial charge in [-0.05, 0) is 44.2 Å². The summed E-state index contributed by atoms with van der Waals surface area (Å²) in [5, 5.41) is 3.01. The van der Waals surface area contributed by atoms with Crippen LogP contribution in [0, 0.1) is 5.92 Å². The zero-order chi connectivity index (χ0) is 22.3. The van der Waals surface area contributed by atoms with E-state index in [1.165, 1.54) is 4.31 Å². The predicted molar refractivity (Wildman–Crippen MR) is 120 cm³/mol. The van der Waals surface area contributed by atoms with E-state index in [2.05, 4.69) is 12.2 Å². The molecule has 8 heteroatoms. The molecule has 3 rings (SSSR count). The molecule has 1 atom stereocenters. The van der Waals surface area contributed by atoms with E-state index in [9.17, 15) is 18.0 Å². The van der Waals surface area contributed by atoms with Crippen LogP contribution in [0.5, 0.6) is 0 Å². The van der Waals surface area contributed by atoms with Crippen LogP contribution in [0.4, 0.5) is 0 Å². The largest absolute Gasteiger partial charge is 0.356 e. The van der Waals surface area contributed by atoms with Crippen molar-refractivity contribution < 1.29 is 18.0 Å². The molecule has 2 fully saturated rings. The SMILES string of the molecule is CCCCCNC(=O)C1CCN(C(=O)C2CCCCN2S(=O)(=O)c2ccccc2)CC1. The molecule has 0 aliphatic carbocycles. The first-order chi connectivity index (χ1) is 14.9. The number of benzene rings is 1. The minimum atomic E-state index is -3.71. The Bertz CT molecular complexity index is 836. The van der Waals surface area contributed by atoms with Crippen LogP contribution >= 0.6 is 0 Å². The van der Waals surface area contributed by atoms with Gasteiger partial charge >= 0.3 is 0 Å². The molecule has 31 heavy (non-hydrogen) atoms. The van der Waals surface area contributed by atoms with Crippen molar-refractivity contribution >= 4 is 21.8 Å². The summed E-state index contributed by atoms with van der Waals surface area (Å²) in [6.45, 7) is 4.21. The molecule has 1 N–H and O–H groups in total. The van der Waals surface area contributed by atoms with E-state index >= 15 is 0 Å². The van der Waals surface area contributed by atoms with Crippen molar-refractivity contribution in [3.05, 3.63) is 30.3 Å². The Morgan fingerprint density at radius 3 is 2.39 bits per heavy atom. The number of amides is 2. The van der Waals surface area contributed by atoms with Crippen LogP contribution in [0.25, 0.3) is 0 Å². The second-order valence-corrected chi connectivity index (χ2v) is 10.4. The molecule has 0 radical (unpaired) electrons. The van der Waals surface area contributed by atoms with Crippen molar-refractivity contribution in [1.82, 2.24) is 14.5 Å². The summed E-state index contributed by atoms with van der Waals surface area (Å²) in [6, 6.07) is 7.68. The molecule has 7 nitrogen and oxygen atoms in total. The smallest absolute Gasteiger partial charge is 0.243 e. The lowest BCUT2D eigenvalue weighted by Gasteiger charge is -2.39. The summed E-state index contributed by atoms with van der Waals surface area (Å²) in [6.07, 6.45) is 6.62. The van der Waals surface area contributed by atoms with Crippen LogP contribution in [0.2, 0.25) is 0 Å². The molecule has 2 saturated heterocycles. The number of nitrogens with one attached hydrogen (secondary N) is 1. The molecule has 0 aromatic heterocycles. The van der Waals surface area contributed by atoms with Crippen LogP contribution in [0.1, 0.15) is 58.3 Å². The zero-order valence-electron chi connectivity index (χ0n) is 18.5. The third-order valence-electron chi connectivity index (χ3n) is 6.35. The van der Waals surface area contributed by atoms with Gasteiger partial charge in [-0.15, -0.1) is 0 Å². The molecular weight excluding hydrogens is 414 g/mol. The summed E-state index contributed by atoms with van der Waals surface area (Å²) in [5.41, 5.74) is 0. The molecule has 2 aliphatic rings. The van der Waals surface area contributed by atoms with Gasteiger partial charge in [0, 0.05) is 32.1 Å². The topological polar surface area (TPSA) is 86.8 Å². The fourth-order valence-electron chi connectivity index (χ4n) is 4.47. The second kappa shape index (κ2) is 11.1. The number of unbranched alkanes of at least 4 members (excludes halogenated alkanes) is 2. The average molecular weight is 450 g/mol. The number of carbonyl (C=O) groups is 2. The standard InChI is InChI=1S/C23H35N3O4S/c1-2-3-8-15-24-22(27)19-13-17-25(18-14-19)23(28)21-12-7-9-16-26(21)31(29,30)20-10-5-4-6-11-20/h4-6,10-11,19,21H,2-3,7-9,12-18H2,1H3,(H,24,27). The quantitative estimate of drug-likeness (QED) is 0.618. The van der Waals surface area contributed by atoms with Crippen LogP contribution < -0.4 is 5.32 Å². The van der Waals surface area contributed by atoms with Gasteiger partial charge in [0.1, 0.15) is 6.04 Å². The first-order valence-electron chi connectivity index (χ1n) is 11.6. The van der Waals surface area contributed by atoms with Gasteiger partial charge < -0.3 is 10.2 Å². The maximum Gasteiger partial charge on any atom is 0.243 e. The highest BCUT2D eigenvalue weighted by Crippen LogP contribution is 2.28. The Kier molecular flexibility index (Phi) is 8.49. The molecule has 1 aromatic carbocycles. The molecule has 2 amide bonds. The summed E-state index contributed by atoms with van der Waals surface area (Å²) in [5.74, 6) is -0.114. The van der Waals surface area contributed by atoms with Crippen molar-refractivity contribution in [2.24, 2.45) is 5.92 Å². The molecule has 0 bridgehead atoms. The highest BCUT2D eigenvalue weighted by molar-refractivity contribution is 7.89. The third-order valence-corrected chi connectivity index (χ3v) is 8.27. The Labute approximate surface area is 186 Å². The number of carbonyl (C=O) groups excluding carboxylic acids is 2. The average Bonchev–Trinajstić information content (AvgIpc) is 2.82. The van der Waals surface area contributed by atoms with E-state index < -0.39 is 16.1 Å². The number of piperidine rings is 2. The first-order valence-corrected chi connectivity index (χ1v) is 13.0. The number of hydrogen-bond donors (Lipinski definition) is 1. The summed E-state index contributed by atoms with van der Waals surface area (Å²) in [4.78, 5) is 27.6. The predicted octanol–water partition coefficient (Wildman–Crippen LogP) is 2.77. The number of rotatable bonds is 8. The van der Waals surface area contributed by atoms with Crippen molar-refractivity contribution in [3.63, 3.8) is 0 Å². The Morgan fingerprint density at radius 1 is 1.00 bits per heavy atom. The Morgan fingerprint density at radius 2 is 1.71 bits per heavy atom. The van der Waals surface area contributed by atoms with Crippen LogP contribution in [0.15, 0.2) is 35.2 Å². The lowest BCUT2D eigenvalue weighted by atomic mass is 9.94. The van der Waals surface area contributed by atoms with E-state index in [0.717, 1.165) is 32.1 Å². The van der Waals surface area contributed by atoms with E-state index in [1.807, 2.05) is 0 Å². The lowest BCUT2D eigenvalue weighted by Crippen LogP contribution is -2.54. The normalized spacial score (nSPS) is 21.1. The highest BCUT2D eigenvalue weighted by atomic mass is 32.2. The minimum Gasteiger partial charge on any atom is -0.356 e. The molecule has 0 saturated carbocycles. The van der Waals surface area contributed by atoms with Gasteiger partial charge in [-0.1, -0.05) is 44.4 Å². The monoisotopic (exact) mass is 449 g/mol. The summed E-state index contributed by atoms with van der Waals surface area (Å²) >= 11 is 0. The Hall–Kier alpha value is -1.93. The maximum atomic E-state index is 13.3. The first kappa shape index (κ1) is 23.7. The van der Waals surface area contributed by atoms with Crippen LogP contribution in [-0.4, -0.2) is 61.7 Å². The fraction of sp³-hybridized carbons (Fsp3) is 0.652. The van der Waals surface area contributed by atoms with Crippen LogP contribution in [0.3, 0.4) is 0 Å². The number of nitrogens with zero attached hydrogens (tertiary/aromatic N) is 2. The minimum absolute atomic E-state index is 0.0683. The molecule has 1 unspecified atom stereocenters. The summed E-state index contributed by atoms with van der Waals surface area (Å²) in [7, 11) is -3.71. The van der Waals surface area contributed by atoms with Gasteiger partial charge in [-0.3, -0.25) is 9.59 Å². The van der Waals surface area contributed by atoms with Crippen LogP contribution in [-0.2, 0) is 19.6 Å². The molecule has 1 aromatic rings. The molecule has 2 aliphatic heterocycles. The van der Waals surface area contributed by atoms with E-state index in [0.29, 0.717) is 45.4 Å². The van der Waals surface area contributed by atoms with Gasteiger partial charge in [0.2, 0.25) is 21.8 Å². The fourth-order valence-corrected chi connectivity index (χ4v) is 6.14. The Balaban J connectivity index is 1.60. The number of hydrogen-bond acceptors (Lipinski definition) is 4.